The van der Waals surface area contributed by atoms with Gasteiger partial charge in [-0.25, -0.2) is 9.59 Å². The maximum absolute atomic E-state index is 12.3. The zero-order valence-electron chi connectivity index (χ0n) is 16.5. The first-order chi connectivity index (χ1) is 13.8. The molecule has 1 amide bonds. The van der Waals surface area contributed by atoms with E-state index in [1.807, 2.05) is 19.2 Å². The maximum Gasteiger partial charge on any atom is 0.341 e. The molecule has 2 rings (SSSR count). The third kappa shape index (κ3) is 6.25. The van der Waals surface area contributed by atoms with Crippen molar-refractivity contribution in [2.24, 2.45) is 5.92 Å². The number of nitrogens with one attached hydrogen (secondary N) is 1. The van der Waals surface area contributed by atoms with Gasteiger partial charge in [-0.05, 0) is 42.3 Å². The predicted molar refractivity (Wildman–Crippen MR) is 110 cm³/mol. The van der Waals surface area contributed by atoms with Crippen LogP contribution in [0.3, 0.4) is 0 Å². The van der Waals surface area contributed by atoms with Gasteiger partial charge in [0.15, 0.2) is 6.61 Å². The summed E-state index contributed by atoms with van der Waals surface area (Å²) in [5.74, 6) is -1.42. The number of carbonyl (C=O) groups is 4. The van der Waals surface area contributed by atoms with Crippen LogP contribution in [0, 0.1) is 5.92 Å². The number of hydrogen-bond acceptors (Lipinski definition) is 7. The summed E-state index contributed by atoms with van der Waals surface area (Å²) in [5, 5.41) is 4.82. The molecule has 0 aliphatic rings. The minimum Gasteiger partial charge on any atom is -0.462 e. The first-order valence-corrected chi connectivity index (χ1v) is 10.0. The highest BCUT2D eigenvalue weighted by molar-refractivity contribution is 7.15. The SMILES string of the molecule is CCOC(=O)c1c(CC(C)C)csc1NC(=O)COC(=O)c1ccc(C=O)cc1. The third-order valence-electron chi connectivity index (χ3n) is 3.84. The molecule has 1 aromatic carbocycles. The van der Waals surface area contributed by atoms with E-state index in [4.69, 9.17) is 9.47 Å². The molecular weight excluding hydrogens is 394 g/mol. The Morgan fingerprint density at radius 2 is 1.79 bits per heavy atom. The van der Waals surface area contributed by atoms with Gasteiger partial charge < -0.3 is 14.8 Å². The highest BCUT2D eigenvalue weighted by Gasteiger charge is 2.22. The van der Waals surface area contributed by atoms with Crippen molar-refractivity contribution in [1.29, 1.82) is 0 Å². The molecular formula is C21H23NO6S. The fourth-order valence-electron chi connectivity index (χ4n) is 2.58. The van der Waals surface area contributed by atoms with Crippen LogP contribution >= 0.6 is 11.3 Å². The smallest absolute Gasteiger partial charge is 0.341 e. The molecule has 1 N–H and O–H groups in total. The number of anilines is 1. The number of carbonyl (C=O) groups excluding carboxylic acids is 4. The Balaban J connectivity index is 2.03. The van der Waals surface area contributed by atoms with Gasteiger partial charge in [-0.2, -0.15) is 0 Å². The van der Waals surface area contributed by atoms with Crippen LogP contribution in [0.15, 0.2) is 29.6 Å². The van der Waals surface area contributed by atoms with Gasteiger partial charge in [0.25, 0.3) is 5.91 Å². The molecule has 0 atom stereocenters. The number of hydrogen-bond donors (Lipinski definition) is 1. The fraction of sp³-hybridized carbons (Fsp3) is 0.333. The molecule has 1 heterocycles. The molecule has 0 fully saturated rings. The third-order valence-corrected chi connectivity index (χ3v) is 4.79. The molecule has 29 heavy (non-hydrogen) atoms. The summed E-state index contributed by atoms with van der Waals surface area (Å²) in [6, 6.07) is 5.86. The molecule has 0 unspecified atom stereocenters. The number of rotatable bonds is 9. The monoisotopic (exact) mass is 417 g/mol. The number of benzene rings is 1. The molecule has 0 saturated carbocycles. The van der Waals surface area contributed by atoms with E-state index >= 15 is 0 Å². The molecule has 1 aromatic heterocycles. The van der Waals surface area contributed by atoms with Crippen LogP contribution in [0.4, 0.5) is 5.00 Å². The van der Waals surface area contributed by atoms with Crippen molar-refractivity contribution in [3.63, 3.8) is 0 Å². The zero-order valence-corrected chi connectivity index (χ0v) is 17.3. The maximum atomic E-state index is 12.3. The summed E-state index contributed by atoms with van der Waals surface area (Å²) in [7, 11) is 0. The van der Waals surface area contributed by atoms with Crippen LogP contribution in [0.25, 0.3) is 0 Å². The molecule has 0 spiro atoms. The Morgan fingerprint density at radius 1 is 1.10 bits per heavy atom. The van der Waals surface area contributed by atoms with Crippen LogP contribution in [-0.4, -0.2) is 37.3 Å². The molecule has 0 bridgehead atoms. The minimum atomic E-state index is -0.685. The van der Waals surface area contributed by atoms with Gasteiger partial charge in [0, 0.05) is 5.56 Å². The summed E-state index contributed by atoms with van der Waals surface area (Å²) in [6.07, 6.45) is 1.34. The van der Waals surface area contributed by atoms with Crippen molar-refractivity contribution in [1.82, 2.24) is 0 Å². The first-order valence-electron chi connectivity index (χ1n) is 9.15. The number of aldehydes is 1. The lowest BCUT2D eigenvalue weighted by Gasteiger charge is -2.10. The van der Waals surface area contributed by atoms with Gasteiger partial charge in [-0.1, -0.05) is 26.0 Å². The van der Waals surface area contributed by atoms with Gasteiger partial charge in [0.2, 0.25) is 0 Å². The number of esters is 2. The van der Waals surface area contributed by atoms with Crippen molar-refractivity contribution in [3.8, 4) is 0 Å². The van der Waals surface area contributed by atoms with Crippen molar-refractivity contribution in [2.45, 2.75) is 27.2 Å². The van der Waals surface area contributed by atoms with E-state index < -0.39 is 24.5 Å². The lowest BCUT2D eigenvalue weighted by Crippen LogP contribution is -2.22. The number of amides is 1. The first kappa shape index (κ1) is 22.3. The Bertz CT molecular complexity index is 885. The zero-order chi connectivity index (χ0) is 21.4. The van der Waals surface area contributed by atoms with Crippen LogP contribution < -0.4 is 5.32 Å². The predicted octanol–water partition coefficient (Wildman–Crippen LogP) is 3.73. The molecule has 8 heteroatoms. The Labute approximate surface area is 173 Å². The van der Waals surface area contributed by atoms with E-state index in [0.717, 1.165) is 5.56 Å². The van der Waals surface area contributed by atoms with Crippen molar-refractivity contribution in [3.05, 3.63) is 51.9 Å². The lowest BCUT2D eigenvalue weighted by molar-refractivity contribution is -0.119. The molecule has 0 radical (unpaired) electrons. The van der Waals surface area contributed by atoms with E-state index in [2.05, 4.69) is 5.32 Å². The highest BCUT2D eigenvalue weighted by atomic mass is 32.1. The quantitative estimate of drug-likeness (QED) is 0.493. The summed E-state index contributed by atoms with van der Waals surface area (Å²) < 4.78 is 10.1. The van der Waals surface area contributed by atoms with Crippen LogP contribution in [0.5, 0.6) is 0 Å². The largest absolute Gasteiger partial charge is 0.462 e. The van der Waals surface area contributed by atoms with Gasteiger partial charge in [0.05, 0.1) is 17.7 Å². The van der Waals surface area contributed by atoms with E-state index in [0.29, 0.717) is 34.8 Å². The standard InChI is InChI=1S/C21H23NO6S/c1-4-27-21(26)18-16(9-13(2)3)12-29-19(18)22-17(24)11-28-20(25)15-7-5-14(10-23)6-8-15/h5-8,10,12-13H,4,9,11H2,1-3H3,(H,22,24). The van der Waals surface area contributed by atoms with Crippen LogP contribution in [-0.2, 0) is 20.7 Å². The number of thiophene rings is 1. The average molecular weight is 417 g/mol. The second-order valence-electron chi connectivity index (χ2n) is 6.65. The molecule has 7 nitrogen and oxygen atoms in total. The molecule has 0 aliphatic carbocycles. The van der Waals surface area contributed by atoms with E-state index in [1.165, 1.54) is 35.6 Å². The Morgan fingerprint density at radius 3 is 2.38 bits per heavy atom. The normalized spacial score (nSPS) is 10.5. The molecule has 0 saturated heterocycles. The summed E-state index contributed by atoms with van der Waals surface area (Å²) in [6.45, 7) is 5.50. The van der Waals surface area contributed by atoms with Crippen molar-refractivity contribution < 1.29 is 28.7 Å². The van der Waals surface area contributed by atoms with Crippen molar-refractivity contribution in [2.75, 3.05) is 18.5 Å². The molecule has 154 valence electrons. The molecule has 0 aliphatic heterocycles. The van der Waals surface area contributed by atoms with E-state index in [-0.39, 0.29) is 12.2 Å². The summed E-state index contributed by atoms with van der Waals surface area (Å²) in [5.41, 5.74) is 1.81. The lowest BCUT2D eigenvalue weighted by atomic mass is 10.0. The van der Waals surface area contributed by atoms with E-state index in [1.54, 1.807) is 6.92 Å². The summed E-state index contributed by atoms with van der Waals surface area (Å²) >= 11 is 1.23. The Kier molecular flexibility index (Phi) is 8.09. The average Bonchev–Trinajstić information content (AvgIpc) is 3.07. The van der Waals surface area contributed by atoms with Gasteiger partial charge >= 0.3 is 11.9 Å². The second kappa shape index (κ2) is 10.5. The van der Waals surface area contributed by atoms with Crippen LogP contribution in [0.1, 0.15) is 57.4 Å². The fourth-order valence-corrected chi connectivity index (χ4v) is 3.56. The minimum absolute atomic E-state index is 0.226. The van der Waals surface area contributed by atoms with Crippen LogP contribution in [0.2, 0.25) is 0 Å². The summed E-state index contributed by atoms with van der Waals surface area (Å²) in [4.78, 5) is 47.2. The highest BCUT2D eigenvalue weighted by Crippen LogP contribution is 2.31. The number of ether oxygens (including phenoxy) is 2. The Hall–Kier alpha value is -3.00. The second-order valence-corrected chi connectivity index (χ2v) is 7.53. The van der Waals surface area contributed by atoms with E-state index in [9.17, 15) is 19.2 Å². The van der Waals surface area contributed by atoms with Gasteiger partial charge in [-0.3, -0.25) is 9.59 Å². The van der Waals surface area contributed by atoms with Crippen molar-refractivity contribution >= 4 is 40.5 Å². The van der Waals surface area contributed by atoms with Gasteiger partial charge in [-0.15, -0.1) is 11.3 Å². The topological polar surface area (TPSA) is 98.8 Å². The van der Waals surface area contributed by atoms with Gasteiger partial charge in [0.1, 0.15) is 11.3 Å². The molecule has 2 aromatic rings.